The number of benzene rings is 1. The standard InChI is InChI=1S/C15H17N5S/c1-11(2)9-20-15(17-18-19-20)21-10-13-6-3-5-12-7-4-8-16-14(12)13/h3-8,11H,9-10H2,1-2H3. The van der Waals surface area contributed by atoms with Gasteiger partial charge in [0.05, 0.1) is 5.52 Å². The number of rotatable bonds is 5. The van der Waals surface area contributed by atoms with Crippen molar-refractivity contribution in [1.82, 2.24) is 25.2 Å². The van der Waals surface area contributed by atoms with Crippen LogP contribution in [0.15, 0.2) is 41.7 Å². The molecule has 0 aliphatic heterocycles. The highest BCUT2D eigenvalue weighted by molar-refractivity contribution is 7.98. The van der Waals surface area contributed by atoms with Gasteiger partial charge in [0.15, 0.2) is 0 Å². The van der Waals surface area contributed by atoms with Gasteiger partial charge in [-0.3, -0.25) is 4.98 Å². The van der Waals surface area contributed by atoms with Crippen molar-refractivity contribution in [2.75, 3.05) is 0 Å². The Morgan fingerprint density at radius 1 is 1.19 bits per heavy atom. The van der Waals surface area contributed by atoms with Gasteiger partial charge in [-0.1, -0.05) is 49.9 Å². The molecule has 0 aliphatic rings. The highest BCUT2D eigenvalue weighted by Gasteiger charge is 2.10. The molecule has 21 heavy (non-hydrogen) atoms. The van der Waals surface area contributed by atoms with Gasteiger partial charge in [-0.05, 0) is 28.0 Å². The summed E-state index contributed by atoms with van der Waals surface area (Å²) in [6.07, 6.45) is 1.83. The number of tetrazole rings is 1. The van der Waals surface area contributed by atoms with Crippen LogP contribution in [0.3, 0.4) is 0 Å². The summed E-state index contributed by atoms with van der Waals surface area (Å²) in [7, 11) is 0. The summed E-state index contributed by atoms with van der Waals surface area (Å²) in [4.78, 5) is 4.48. The van der Waals surface area contributed by atoms with Crippen LogP contribution in [0.1, 0.15) is 19.4 Å². The first-order valence-corrected chi connectivity index (χ1v) is 7.94. The molecule has 108 valence electrons. The fourth-order valence-corrected chi connectivity index (χ4v) is 3.06. The molecular weight excluding hydrogens is 282 g/mol. The zero-order valence-electron chi connectivity index (χ0n) is 12.1. The molecule has 0 fully saturated rings. The van der Waals surface area contributed by atoms with Crippen molar-refractivity contribution in [3.8, 4) is 0 Å². The third-order valence-electron chi connectivity index (χ3n) is 3.11. The molecule has 0 saturated heterocycles. The van der Waals surface area contributed by atoms with E-state index in [-0.39, 0.29) is 0 Å². The molecule has 1 aromatic carbocycles. The molecule has 0 saturated carbocycles. The van der Waals surface area contributed by atoms with Crippen LogP contribution in [0, 0.1) is 5.92 Å². The van der Waals surface area contributed by atoms with E-state index in [1.165, 1.54) is 5.56 Å². The summed E-state index contributed by atoms with van der Waals surface area (Å²) in [6, 6.07) is 10.3. The summed E-state index contributed by atoms with van der Waals surface area (Å²) >= 11 is 1.65. The van der Waals surface area contributed by atoms with E-state index >= 15 is 0 Å². The van der Waals surface area contributed by atoms with Gasteiger partial charge in [-0.2, -0.15) is 0 Å². The Hall–Kier alpha value is -1.95. The van der Waals surface area contributed by atoms with Gasteiger partial charge in [-0.15, -0.1) is 5.10 Å². The van der Waals surface area contributed by atoms with E-state index < -0.39 is 0 Å². The molecule has 5 nitrogen and oxygen atoms in total. The Kier molecular flexibility index (Phi) is 4.15. The van der Waals surface area contributed by atoms with Crippen molar-refractivity contribution in [3.63, 3.8) is 0 Å². The number of fused-ring (bicyclic) bond motifs is 1. The minimum atomic E-state index is 0.520. The third-order valence-corrected chi connectivity index (χ3v) is 4.12. The quantitative estimate of drug-likeness (QED) is 0.677. The second-order valence-electron chi connectivity index (χ2n) is 5.32. The normalized spacial score (nSPS) is 11.4. The van der Waals surface area contributed by atoms with E-state index in [1.807, 2.05) is 16.9 Å². The highest BCUT2D eigenvalue weighted by Crippen LogP contribution is 2.24. The van der Waals surface area contributed by atoms with Gasteiger partial charge >= 0.3 is 0 Å². The number of hydrogen-bond acceptors (Lipinski definition) is 5. The first-order chi connectivity index (χ1) is 10.2. The van der Waals surface area contributed by atoms with E-state index in [9.17, 15) is 0 Å². The number of para-hydroxylation sites is 1. The Morgan fingerprint density at radius 3 is 2.90 bits per heavy atom. The number of thioether (sulfide) groups is 1. The van der Waals surface area contributed by atoms with Gasteiger partial charge in [0, 0.05) is 23.9 Å². The molecule has 0 unspecified atom stereocenters. The van der Waals surface area contributed by atoms with E-state index in [2.05, 4.69) is 58.6 Å². The topological polar surface area (TPSA) is 56.5 Å². The maximum absolute atomic E-state index is 4.48. The second kappa shape index (κ2) is 6.22. The largest absolute Gasteiger partial charge is 0.256 e. The first kappa shape index (κ1) is 14.0. The lowest BCUT2D eigenvalue weighted by molar-refractivity contribution is 0.446. The minimum absolute atomic E-state index is 0.520. The minimum Gasteiger partial charge on any atom is -0.256 e. The fourth-order valence-electron chi connectivity index (χ4n) is 2.19. The second-order valence-corrected chi connectivity index (χ2v) is 6.26. The Balaban J connectivity index is 1.79. The predicted octanol–water partition coefficient (Wildman–Crippen LogP) is 3.17. The smallest absolute Gasteiger partial charge is 0.209 e. The molecule has 0 amide bonds. The van der Waals surface area contributed by atoms with Crippen molar-refractivity contribution in [1.29, 1.82) is 0 Å². The number of aromatic nitrogens is 5. The third kappa shape index (κ3) is 3.21. The average molecular weight is 299 g/mol. The van der Waals surface area contributed by atoms with Crippen LogP contribution in [0.5, 0.6) is 0 Å². The molecular formula is C15H17N5S. The van der Waals surface area contributed by atoms with Crippen LogP contribution in [-0.4, -0.2) is 25.2 Å². The summed E-state index contributed by atoms with van der Waals surface area (Å²) in [6.45, 7) is 5.15. The summed E-state index contributed by atoms with van der Waals surface area (Å²) in [5.74, 6) is 1.33. The molecule has 3 rings (SSSR count). The lowest BCUT2D eigenvalue weighted by atomic mass is 10.1. The van der Waals surface area contributed by atoms with Crippen LogP contribution >= 0.6 is 11.8 Å². The molecule has 3 aromatic rings. The van der Waals surface area contributed by atoms with Crippen molar-refractivity contribution >= 4 is 22.7 Å². The summed E-state index contributed by atoms with van der Waals surface area (Å²) in [5, 5.41) is 14.0. The molecule has 0 aliphatic carbocycles. The monoisotopic (exact) mass is 299 g/mol. The van der Waals surface area contributed by atoms with Gasteiger partial charge < -0.3 is 0 Å². The van der Waals surface area contributed by atoms with Gasteiger partial charge in [0.25, 0.3) is 0 Å². The Labute approximate surface area is 127 Å². The van der Waals surface area contributed by atoms with Crippen LogP contribution in [0.4, 0.5) is 0 Å². The lowest BCUT2D eigenvalue weighted by Crippen LogP contribution is -2.07. The molecule has 0 spiro atoms. The van der Waals surface area contributed by atoms with Crippen LogP contribution in [0.25, 0.3) is 10.9 Å². The lowest BCUT2D eigenvalue weighted by Gasteiger charge is -2.07. The molecule has 2 aromatic heterocycles. The molecule has 6 heteroatoms. The van der Waals surface area contributed by atoms with Crippen molar-refractivity contribution < 1.29 is 0 Å². The number of pyridine rings is 1. The van der Waals surface area contributed by atoms with Crippen molar-refractivity contribution in [2.45, 2.75) is 31.3 Å². The SMILES string of the molecule is CC(C)Cn1nnnc1SCc1cccc2cccnc12. The highest BCUT2D eigenvalue weighted by atomic mass is 32.2. The zero-order chi connectivity index (χ0) is 14.7. The maximum atomic E-state index is 4.48. The Morgan fingerprint density at radius 2 is 2.05 bits per heavy atom. The molecule has 0 atom stereocenters. The van der Waals surface area contributed by atoms with Gasteiger partial charge in [0.1, 0.15) is 0 Å². The van der Waals surface area contributed by atoms with E-state index in [4.69, 9.17) is 0 Å². The summed E-state index contributed by atoms with van der Waals surface area (Å²) in [5.41, 5.74) is 2.26. The molecule has 0 bridgehead atoms. The summed E-state index contributed by atoms with van der Waals surface area (Å²) < 4.78 is 1.87. The number of hydrogen-bond donors (Lipinski definition) is 0. The molecule has 0 N–H and O–H groups in total. The van der Waals surface area contributed by atoms with E-state index in [0.717, 1.165) is 28.4 Å². The molecule has 0 radical (unpaired) electrons. The molecule has 2 heterocycles. The van der Waals surface area contributed by atoms with E-state index in [0.29, 0.717) is 5.92 Å². The average Bonchev–Trinajstić information content (AvgIpc) is 2.91. The fraction of sp³-hybridized carbons (Fsp3) is 0.333. The van der Waals surface area contributed by atoms with E-state index in [1.54, 1.807) is 11.8 Å². The van der Waals surface area contributed by atoms with Crippen LogP contribution in [0.2, 0.25) is 0 Å². The van der Waals surface area contributed by atoms with Crippen molar-refractivity contribution in [3.05, 3.63) is 42.1 Å². The van der Waals surface area contributed by atoms with Gasteiger partial charge in [0.2, 0.25) is 5.16 Å². The number of nitrogens with zero attached hydrogens (tertiary/aromatic N) is 5. The predicted molar refractivity (Wildman–Crippen MR) is 84.0 cm³/mol. The maximum Gasteiger partial charge on any atom is 0.209 e. The van der Waals surface area contributed by atoms with Crippen molar-refractivity contribution in [2.24, 2.45) is 5.92 Å². The van der Waals surface area contributed by atoms with Crippen LogP contribution < -0.4 is 0 Å². The van der Waals surface area contributed by atoms with Crippen LogP contribution in [-0.2, 0) is 12.3 Å². The first-order valence-electron chi connectivity index (χ1n) is 6.95. The zero-order valence-corrected chi connectivity index (χ0v) is 12.9. The van der Waals surface area contributed by atoms with Gasteiger partial charge in [-0.25, -0.2) is 4.68 Å². The Bertz CT molecular complexity index is 732.